The summed E-state index contributed by atoms with van der Waals surface area (Å²) in [7, 11) is 0. The zero-order chi connectivity index (χ0) is 12.7. The first-order valence-electron chi connectivity index (χ1n) is 4.37. The van der Waals surface area contributed by atoms with E-state index in [0.717, 1.165) is 0 Å². The molecule has 0 spiro atoms. The number of aliphatic imine (C=N–C) groups is 1. The Hall–Kier alpha value is -1.47. The van der Waals surface area contributed by atoms with Crippen molar-refractivity contribution in [3.05, 3.63) is 21.8 Å². The number of hydrogen-bond acceptors (Lipinski definition) is 3. The summed E-state index contributed by atoms with van der Waals surface area (Å²) in [5, 5.41) is 9.99. The second-order valence-corrected chi connectivity index (χ2v) is 2.79. The number of halogens is 4. The first-order valence-corrected chi connectivity index (χ1v) is 4.37. The highest BCUT2D eigenvalue weighted by molar-refractivity contribution is 5.90. The van der Waals surface area contributed by atoms with Gasteiger partial charge in [0.1, 0.15) is 12.6 Å². The molecule has 0 aliphatic carbocycles. The fourth-order valence-electron chi connectivity index (χ4n) is 0.863. The molecule has 0 aromatic carbocycles. The number of rotatable bonds is 6. The quantitative estimate of drug-likeness (QED) is 0.311. The summed E-state index contributed by atoms with van der Waals surface area (Å²) in [6, 6.07) is 0. The van der Waals surface area contributed by atoms with E-state index in [-0.39, 0.29) is 6.54 Å². The molecule has 0 radical (unpaired) electrons. The van der Waals surface area contributed by atoms with Gasteiger partial charge in [0.2, 0.25) is 18.3 Å². The molecule has 8 heteroatoms. The number of allylic oxidation sites excluding steroid dienone is 1. The SMILES string of the molecule is CCN=C(F)/C(F)=C(/F)C(CF)C[N+](=O)[O-]. The molecular formula is C8H10F4N2O2. The Kier molecular flexibility index (Phi) is 6.28. The van der Waals surface area contributed by atoms with Crippen molar-refractivity contribution in [2.45, 2.75) is 6.92 Å². The van der Waals surface area contributed by atoms with E-state index in [1.54, 1.807) is 0 Å². The standard InChI is InChI=1S/C8H10F4N2O2/c1-2-13-8(12)7(11)6(10)5(3-9)4-14(15)16/h5H,2-4H2,1H3/b7-6-,13-8?. The molecule has 0 aromatic rings. The highest BCUT2D eigenvalue weighted by atomic mass is 19.2. The monoisotopic (exact) mass is 242 g/mol. The highest BCUT2D eigenvalue weighted by Gasteiger charge is 2.26. The molecule has 0 saturated heterocycles. The fourth-order valence-corrected chi connectivity index (χ4v) is 0.863. The van der Waals surface area contributed by atoms with E-state index in [4.69, 9.17) is 0 Å². The van der Waals surface area contributed by atoms with Gasteiger partial charge in [-0.15, -0.1) is 0 Å². The summed E-state index contributed by atoms with van der Waals surface area (Å²) < 4.78 is 50.7. The van der Waals surface area contributed by atoms with Gasteiger partial charge in [-0.05, 0) is 6.92 Å². The molecule has 0 N–H and O–H groups in total. The molecule has 0 saturated carbocycles. The van der Waals surface area contributed by atoms with Crippen LogP contribution in [-0.4, -0.2) is 30.7 Å². The van der Waals surface area contributed by atoms with Gasteiger partial charge in [0.15, 0.2) is 5.83 Å². The van der Waals surface area contributed by atoms with E-state index in [1.165, 1.54) is 6.92 Å². The van der Waals surface area contributed by atoms with Crippen molar-refractivity contribution in [3.63, 3.8) is 0 Å². The number of nitrogens with zero attached hydrogens (tertiary/aromatic N) is 2. The normalized spacial score (nSPS) is 15.7. The van der Waals surface area contributed by atoms with E-state index >= 15 is 0 Å². The lowest BCUT2D eigenvalue weighted by atomic mass is 10.1. The predicted octanol–water partition coefficient (Wildman–Crippen LogP) is 2.39. The van der Waals surface area contributed by atoms with Gasteiger partial charge in [0.25, 0.3) is 0 Å². The third kappa shape index (κ3) is 4.37. The topological polar surface area (TPSA) is 55.5 Å². The lowest BCUT2D eigenvalue weighted by molar-refractivity contribution is -0.487. The van der Waals surface area contributed by atoms with Crippen molar-refractivity contribution >= 4 is 5.97 Å². The molecule has 16 heavy (non-hydrogen) atoms. The minimum Gasteiger partial charge on any atom is -0.265 e. The summed E-state index contributed by atoms with van der Waals surface area (Å²) in [6.45, 7) is -1.37. The van der Waals surface area contributed by atoms with Gasteiger partial charge >= 0.3 is 0 Å². The summed E-state index contributed by atoms with van der Waals surface area (Å²) in [5.74, 6) is -7.45. The Bertz CT molecular complexity index is 317. The average molecular weight is 242 g/mol. The molecule has 0 fully saturated rings. The average Bonchev–Trinajstić information content (AvgIpc) is 2.23. The van der Waals surface area contributed by atoms with E-state index < -0.39 is 41.7 Å². The number of hydrogen-bond donors (Lipinski definition) is 0. The first kappa shape index (κ1) is 14.5. The van der Waals surface area contributed by atoms with Crippen LogP contribution >= 0.6 is 0 Å². The first-order chi connectivity index (χ1) is 7.43. The van der Waals surface area contributed by atoms with Crippen LogP contribution in [0.4, 0.5) is 17.6 Å². The van der Waals surface area contributed by atoms with Crippen LogP contribution in [0.25, 0.3) is 0 Å². The summed E-state index contributed by atoms with van der Waals surface area (Å²) in [6.07, 6.45) is 0. The molecule has 4 nitrogen and oxygen atoms in total. The van der Waals surface area contributed by atoms with E-state index in [9.17, 15) is 27.7 Å². The van der Waals surface area contributed by atoms with Crippen LogP contribution in [0.5, 0.6) is 0 Å². The van der Waals surface area contributed by atoms with Crippen molar-refractivity contribution in [1.29, 1.82) is 0 Å². The van der Waals surface area contributed by atoms with Gasteiger partial charge in [-0.25, -0.2) is 4.39 Å². The van der Waals surface area contributed by atoms with Crippen molar-refractivity contribution in [2.24, 2.45) is 10.9 Å². The van der Waals surface area contributed by atoms with Crippen LogP contribution in [0.2, 0.25) is 0 Å². The second kappa shape index (κ2) is 6.91. The maximum atomic E-state index is 13.0. The third-order valence-electron chi connectivity index (χ3n) is 1.60. The summed E-state index contributed by atoms with van der Waals surface area (Å²) >= 11 is 0. The maximum absolute atomic E-state index is 13.0. The molecule has 0 rings (SSSR count). The lowest BCUT2D eigenvalue weighted by Crippen LogP contribution is -2.18. The Morgan fingerprint density at radius 2 is 2.00 bits per heavy atom. The van der Waals surface area contributed by atoms with Gasteiger partial charge in [-0.1, -0.05) is 0 Å². The minimum atomic E-state index is -1.98. The van der Waals surface area contributed by atoms with Crippen LogP contribution in [-0.2, 0) is 0 Å². The van der Waals surface area contributed by atoms with Crippen molar-refractivity contribution < 1.29 is 22.5 Å². The Balaban J connectivity index is 4.95. The molecule has 0 amide bonds. The Morgan fingerprint density at radius 3 is 2.38 bits per heavy atom. The molecule has 1 atom stereocenters. The molecule has 0 aliphatic heterocycles. The second-order valence-electron chi connectivity index (χ2n) is 2.79. The maximum Gasteiger partial charge on any atom is 0.247 e. The zero-order valence-corrected chi connectivity index (χ0v) is 8.42. The van der Waals surface area contributed by atoms with Crippen LogP contribution in [0, 0.1) is 16.0 Å². The molecule has 0 bridgehead atoms. The summed E-state index contributed by atoms with van der Waals surface area (Å²) in [4.78, 5) is 11.9. The van der Waals surface area contributed by atoms with Gasteiger partial charge in [-0.3, -0.25) is 19.5 Å². The number of nitro groups is 1. The zero-order valence-electron chi connectivity index (χ0n) is 8.42. The Labute approximate surface area is 88.8 Å². The fraction of sp³-hybridized carbons (Fsp3) is 0.625. The van der Waals surface area contributed by atoms with Crippen LogP contribution in [0.15, 0.2) is 16.6 Å². The largest absolute Gasteiger partial charge is 0.265 e. The van der Waals surface area contributed by atoms with Gasteiger partial charge in [0, 0.05) is 11.5 Å². The van der Waals surface area contributed by atoms with E-state index in [0.29, 0.717) is 0 Å². The number of alkyl halides is 1. The minimum absolute atomic E-state index is 0.123. The van der Waals surface area contributed by atoms with Gasteiger partial charge in [-0.2, -0.15) is 8.78 Å². The predicted molar refractivity (Wildman–Crippen MR) is 49.7 cm³/mol. The summed E-state index contributed by atoms with van der Waals surface area (Å²) in [5.41, 5.74) is 0. The molecule has 0 heterocycles. The van der Waals surface area contributed by atoms with E-state index in [1.807, 2.05) is 0 Å². The van der Waals surface area contributed by atoms with Gasteiger partial charge < -0.3 is 0 Å². The molecular weight excluding hydrogens is 232 g/mol. The molecule has 1 unspecified atom stereocenters. The third-order valence-corrected chi connectivity index (χ3v) is 1.60. The van der Waals surface area contributed by atoms with Crippen molar-refractivity contribution in [2.75, 3.05) is 19.8 Å². The van der Waals surface area contributed by atoms with Crippen molar-refractivity contribution in [3.8, 4) is 0 Å². The van der Waals surface area contributed by atoms with Crippen LogP contribution in [0.1, 0.15) is 6.92 Å². The van der Waals surface area contributed by atoms with E-state index in [2.05, 4.69) is 4.99 Å². The molecule has 0 aromatic heterocycles. The lowest BCUT2D eigenvalue weighted by Gasteiger charge is -2.06. The van der Waals surface area contributed by atoms with Crippen molar-refractivity contribution in [1.82, 2.24) is 0 Å². The van der Waals surface area contributed by atoms with Crippen LogP contribution in [0.3, 0.4) is 0 Å². The highest BCUT2D eigenvalue weighted by Crippen LogP contribution is 2.21. The Morgan fingerprint density at radius 1 is 1.44 bits per heavy atom. The van der Waals surface area contributed by atoms with Crippen LogP contribution < -0.4 is 0 Å². The molecule has 92 valence electrons. The molecule has 0 aliphatic rings. The smallest absolute Gasteiger partial charge is 0.247 e. The van der Waals surface area contributed by atoms with Gasteiger partial charge in [0.05, 0.1) is 0 Å².